The lowest BCUT2D eigenvalue weighted by Gasteiger charge is -2.34. The molecule has 3 rings (SSSR count). The number of carbonyl (C=O) groups is 2. The predicted octanol–water partition coefficient (Wildman–Crippen LogP) is 2.58. The van der Waals surface area contributed by atoms with Crippen LogP contribution in [-0.4, -0.2) is 61.4 Å². The first-order valence-electron chi connectivity index (χ1n) is 9.93. The number of nitrogens with zero attached hydrogens (tertiary/aromatic N) is 2. The molecule has 0 spiro atoms. The molecule has 0 atom stereocenters. The van der Waals surface area contributed by atoms with E-state index in [1.165, 1.54) is 13.2 Å². The first-order valence-corrected chi connectivity index (χ1v) is 9.93. The van der Waals surface area contributed by atoms with E-state index in [1.807, 2.05) is 6.07 Å². The lowest BCUT2D eigenvalue weighted by atomic mass is 10.1. The van der Waals surface area contributed by atoms with Crippen LogP contribution in [0, 0.1) is 17.5 Å². The maximum atomic E-state index is 13.8. The molecule has 1 aliphatic heterocycles. The van der Waals surface area contributed by atoms with Gasteiger partial charge in [0.05, 0.1) is 12.7 Å². The lowest BCUT2D eigenvalue weighted by molar-refractivity contribution is -0.132. The first-order chi connectivity index (χ1) is 14.9. The molecule has 1 N–H and O–H groups in total. The van der Waals surface area contributed by atoms with Gasteiger partial charge in [-0.05, 0) is 29.8 Å². The highest BCUT2D eigenvalue weighted by atomic mass is 19.1. The second-order valence-electron chi connectivity index (χ2n) is 7.26. The molecule has 0 aromatic heterocycles. The Bertz CT molecular complexity index is 947. The van der Waals surface area contributed by atoms with Crippen LogP contribution in [0.1, 0.15) is 22.3 Å². The summed E-state index contributed by atoms with van der Waals surface area (Å²) in [5.74, 6) is -2.72. The van der Waals surface area contributed by atoms with Crippen LogP contribution in [0.25, 0.3) is 0 Å². The molecule has 2 aromatic rings. The Morgan fingerprint density at radius 3 is 2.39 bits per heavy atom. The fourth-order valence-corrected chi connectivity index (χ4v) is 3.43. The summed E-state index contributed by atoms with van der Waals surface area (Å²) in [6.07, 6.45) is 0.0816. The third-order valence-electron chi connectivity index (χ3n) is 5.15. The van der Waals surface area contributed by atoms with Gasteiger partial charge in [-0.2, -0.15) is 0 Å². The van der Waals surface area contributed by atoms with E-state index in [0.717, 1.165) is 17.7 Å². The minimum absolute atomic E-state index is 0.0554. The second-order valence-corrected chi connectivity index (χ2v) is 7.26. The Kier molecular flexibility index (Phi) is 7.51. The van der Waals surface area contributed by atoms with Crippen LogP contribution in [0.3, 0.4) is 0 Å². The molecule has 9 heteroatoms. The molecule has 1 fully saturated rings. The van der Waals surface area contributed by atoms with Crippen molar-refractivity contribution >= 4 is 11.8 Å². The number of rotatable bonds is 7. The van der Waals surface area contributed by atoms with Crippen molar-refractivity contribution in [2.24, 2.45) is 0 Å². The van der Waals surface area contributed by atoms with Crippen LogP contribution in [0.2, 0.25) is 0 Å². The quantitative estimate of drug-likeness (QED) is 0.726. The summed E-state index contributed by atoms with van der Waals surface area (Å²) >= 11 is 0. The van der Waals surface area contributed by atoms with Crippen LogP contribution in [0.4, 0.5) is 13.2 Å². The summed E-state index contributed by atoms with van der Waals surface area (Å²) in [5, 5.41) is 2.48. The van der Waals surface area contributed by atoms with Gasteiger partial charge in [0.1, 0.15) is 11.6 Å². The van der Waals surface area contributed by atoms with Crippen LogP contribution in [0.15, 0.2) is 36.4 Å². The maximum absolute atomic E-state index is 13.8. The van der Waals surface area contributed by atoms with Gasteiger partial charge in [0.2, 0.25) is 5.91 Å². The zero-order valence-electron chi connectivity index (χ0n) is 17.2. The smallest absolute Gasteiger partial charge is 0.254 e. The van der Waals surface area contributed by atoms with Gasteiger partial charge in [0.25, 0.3) is 5.91 Å². The molecular formula is C22H24F3N3O3. The van der Waals surface area contributed by atoms with Gasteiger partial charge in [-0.15, -0.1) is 0 Å². The van der Waals surface area contributed by atoms with Crippen molar-refractivity contribution in [1.82, 2.24) is 15.1 Å². The highest BCUT2D eigenvalue weighted by Crippen LogP contribution is 2.19. The molecule has 0 unspecified atom stereocenters. The van der Waals surface area contributed by atoms with Gasteiger partial charge in [-0.25, -0.2) is 13.2 Å². The number of benzene rings is 2. The highest BCUT2D eigenvalue weighted by molar-refractivity contribution is 5.94. The average Bonchev–Trinajstić information content (AvgIpc) is 2.74. The van der Waals surface area contributed by atoms with E-state index in [0.29, 0.717) is 38.8 Å². The maximum Gasteiger partial charge on any atom is 0.254 e. The molecule has 0 saturated carbocycles. The molecule has 0 radical (unpaired) electrons. The minimum Gasteiger partial charge on any atom is -0.494 e. The normalized spacial score (nSPS) is 14.4. The number of amides is 2. The average molecular weight is 435 g/mol. The van der Waals surface area contributed by atoms with E-state index >= 15 is 0 Å². The second kappa shape index (κ2) is 10.3. The third-order valence-corrected chi connectivity index (χ3v) is 5.15. The van der Waals surface area contributed by atoms with Gasteiger partial charge < -0.3 is 15.0 Å². The van der Waals surface area contributed by atoms with Crippen LogP contribution in [0.5, 0.6) is 5.75 Å². The molecule has 2 aromatic carbocycles. The van der Waals surface area contributed by atoms with Crippen LogP contribution < -0.4 is 10.1 Å². The molecule has 0 bridgehead atoms. The zero-order chi connectivity index (χ0) is 22.4. The third kappa shape index (κ3) is 5.97. The monoisotopic (exact) mass is 435 g/mol. The van der Waals surface area contributed by atoms with Gasteiger partial charge in [-0.1, -0.05) is 6.07 Å². The minimum atomic E-state index is -0.948. The molecule has 1 aliphatic rings. The van der Waals surface area contributed by atoms with Crippen molar-refractivity contribution in [3.05, 3.63) is 65.0 Å². The molecule has 6 nitrogen and oxygen atoms in total. The van der Waals surface area contributed by atoms with E-state index in [1.54, 1.807) is 11.0 Å². The highest BCUT2D eigenvalue weighted by Gasteiger charge is 2.21. The van der Waals surface area contributed by atoms with Crippen LogP contribution >= 0.6 is 0 Å². The number of methoxy groups -OCH3 is 1. The fourth-order valence-electron chi connectivity index (χ4n) is 3.43. The summed E-state index contributed by atoms with van der Waals surface area (Å²) in [6, 6.07) is 7.56. The summed E-state index contributed by atoms with van der Waals surface area (Å²) in [5.41, 5.74) is 0.561. The number of halogens is 3. The van der Waals surface area contributed by atoms with Gasteiger partial charge in [0.15, 0.2) is 11.6 Å². The number of hydrogen-bond donors (Lipinski definition) is 1. The van der Waals surface area contributed by atoms with E-state index in [2.05, 4.69) is 10.2 Å². The largest absolute Gasteiger partial charge is 0.494 e. The Morgan fingerprint density at radius 1 is 1.00 bits per heavy atom. The predicted molar refractivity (Wildman–Crippen MR) is 108 cm³/mol. The van der Waals surface area contributed by atoms with Crippen molar-refractivity contribution in [3.63, 3.8) is 0 Å². The lowest BCUT2D eigenvalue weighted by Crippen LogP contribution is -2.48. The SMILES string of the molecule is COc1ccc(CN2CCN(C(=O)CCNC(=O)c3ccc(F)cc3F)CC2)cc1F. The van der Waals surface area contributed by atoms with Crippen molar-refractivity contribution in [3.8, 4) is 5.75 Å². The Hall–Kier alpha value is -3.07. The molecule has 2 amide bonds. The van der Waals surface area contributed by atoms with Gasteiger partial charge in [-0.3, -0.25) is 14.5 Å². The van der Waals surface area contributed by atoms with E-state index < -0.39 is 23.4 Å². The van der Waals surface area contributed by atoms with E-state index in [9.17, 15) is 22.8 Å². The van der Waals surface area contributed by atoms with Crippen LogP contribution in [-0.2, 0) is 11.3 Å². The van der Waals surface area contributed by atoms with E-state index in [-0.39, 0.29) is 30.2 Å². The van der Waals surface area contributed by atoms with Crippen molar-refractivity contribution in [2.75, 3.05) is 39.8 Å². The Morgan fingerprint density at radius 2 is 1.74 bits per heavy atom. The standard InChI is InChI=1S/C22H24F3N3O3/c1-31-20-5-2-15(12-19(20)25)14-27-8-10-28(11-9-27)21(29)6-7-26-22(30)17-4-3-16(23)13-18(17)24/h2-5,12-13H,6-11,14H2,1H3,(H,26,30). The fraction of sp³-hybridized carbons (Fsp3) is 0.364. The summed E-state index contributed by atoms with van der Waals surface area (Å²) in [4.78, 5) is 28.2. The molecule has 1 saturated heterocycles. The number of hydrogen-bond acceptors (Lipinski definition) is 4. The number of nitrogens with one attached hydrogen (secondary N) is 1. The summed E-state index contributed by atoms with van der Waals surface area (Å²) < 4.78 is 45.3. The van der Waals surface area contributed by atoms with Crippen molar-refractivity contribution < 1.29 is 27.5 Å². The zero-order valence-corrected chi connectivity index (χ0v) is 17.2. The summed E-state index contributed by atoms with van der Waals surface area (Å²) in [6.45, 7) is 2.97. The molecular weight excluding hydrogens is 411 g/mol. The summed E-state index contributed by atoms with van der Waals surface area (Å²) in [7, 11) is 1.42. The Labute approximate surface area is 178 Å². The van der Waals surface area contributed by atoms with Gasteiger partial charge in [0, 0.05) is 51.8 Å². The molecule has 0 aliphatic carbocycles. The molecule has 166 valence electrons. The van der Waals surface area contributed by atoms with Crippen molar-refractivity contribution in [1.29, 1.82) is 0 Å². The first kappa shape index (κ1) is 22.6. The van der Waals surface area contributed by atoms with Crippen molar-refractivity contribution in [2.45, 2.75) is 13.0 Å². The van der Waals surface area contributed by atoms with Gasteiger partial charge >= 0.3 is 0 Å². The number of carbonyl (C=O) groups excluding carboxylic acids is 2. The Balaban J connectivity index is 1.41. The number of ether oxygens (including phenoxy) is 1. The molecule has 31 heavy (non-hydrogen) atoms. The number of piperazine rings is 1. The topological polar surface area (TPSA) is 61.9 Å². The molecule has 1 heterocycles. The van der Waals surface area contributed by atoms with E-state index in [4.69, 9.17) is 4.74 Å².